The fourth-order valence-corrected chi connectivity index (χ4v) is 2.59. The molecule has 0 saturated carbocycles. The van der Waals surface area contributed by atoms with Crippen LogP contribution < -0.4 is 4.74 Å². The van der Waals surface area contributed by atoms with E-state index in [4.69, 9.17) is 4.74 Å². The number of carbonyl (C=O) groups is 1. The van der Waals surface area contributed by atoms with Crippen LogP contribution in [0.4, 0.5) is 0 Å². The summed E-state index contributed by atoms with van der Waals surface area (Å²) in [5.41, 5.74) is 2.71. The Morgan fingerprint density at radius 3 is 2.70 bits per heavy atom. The lowest BCUT2D eigenvalue weighted by atomic mass is 9.89. The maximum Gasteiger partial charge on any atom is 0.173 e. The summed E-state index contributed by atoms with van der Waals surface area (Å²) in [7, 11) is 0. The zero-order valence-electron chi connectivity index (χ0n) is 11.3. The summed E-state index contributed by atoms with van der Waals surface area (Å²) in [5.74, 6) is 0.942. The number of para-hydroxylation sites is 1. The average Bonchev–Trinajstić information content (AvgIpc) is 2.45. The van der Waals surface area contributed by atoms with E-state index in [1.165, 1.54) is 0 Å². The zero-order chi connectivity index (χ0) is 14.1. The number of ketones is 1. The van der Waals surface area contributed by atoms with Crippen LogP contribution in [-0.4, -0.2) is 17.5 Å². The van der Waals surface area contributed by atoms with E-state index in [-0.39, 0.29) is 17.5 Å². The second-order valence-electron chi connectivity index (χ2n) is 5.19. The number of fused-ring (bicyclic) bond motifs is 1. The van der Waals surface area contributed by atoms with Gasteiger partial charge in [-0.05, 0) is 42.7 Å². The molecule has 2 aromatic carbocycles. The first-order valence-electron chi connectivity index (χ1n) is 6.69. The molecule has 0 radical (unpaired) electrons. The lowest BCUT2D eigenvalue weighted by Crippen LogP contribution is -2.29. The molecule has 1 aliphatic rings. The van der Waals surface area contributed by atoms with Gasteiger partial charge in [-0.3, -0.25) is 4.79 Å². The number of phenols is 1. The van der Waals surface area contributed by atoms with Crippen molar-refractivity contribution in [3.63, 3.8) is 0 Å². The molecule has 0 bridgehead atoms. The Hall–Kier alpha value is -2.29. The van der Waals surface area contributed by atoms with E-state index in [0.29, 0.717) is 18.6 Å². The third-order valence-electron chi connectivity index (χ3n) is 3.70. The standard InChI is InChI=1S/C17H16O3/c1-11-3-2-4-15-16(19)13(10-20-17(11)15)9-12-5-7-14(18)8-6-12/h2-8,13,18H,9-10H2,1H3. The normalized spacial score (nSPS) is 17.4. The highest BCUT2D eigenvalue weighted by molar-refractivity contribution is 6.01. The van der Waals surface area contributed by atoms with Gasteiger partial charge in [0.15, 0.2) is 5.78 Å². The van der Waals surface area contributed by atoms with E-state index in [2.05, 4.69) is 0 Å². The summed E-state index contributed by atoms with van der Waals surface area (Å²) in [6.07, 6.45) is 0.631. The molecule has 1 aliphatic heterocycles. The molecule has 0 aliphatic carbocycles. The van der Waals surface area contributed by atoms with Gasteiger partial charge < -0.3 is 9.84 Å². The van der Waals surface area contributed by atoms with Crippen molar-refractivity contribution in [1.82, 2.24) is 0 Å². The maximum atomic E-state index is 12.5. The van der Waals surface area contributed by atoms with Crippen molar-refractivity contribution in [2.24, 2.45) is 5.92 Å². The van der Waals surface area contributed by atoms with Gasteiger partial charge in [-0.1, -0.05) is 24.3 Å². The number of benzene rings is 2. The average molecular weight is 268 g/mol. The molecule has 0 aromatic heterocycles. The van der Waals surface area contributed by atoms with Gasteiger partial charge in [-0.25, -0.2) is 0 Å². The smallest absolute Gasteiger partial charge is 0.173 e. The Kier molecular flexibility index (Phi) is 3.18. The second kappa shape index (κ2) is 5.00. The van der Waals surface area contributed by atoms with Crippen LogP contribution in [0, 0.1) is 12.8 Å². The third kappa shape index (κ3) is 2.27. The lowest BCUT2D eigenvalue weighted by molar-refractivity contribution is 0.0829. The molecule has 3 nitrogen and oxygen atoms in total. The number of aromatic hydroxyl groups is 1. The van der Waals surface area contributed by atoms with Gasteiger partial charge >= 0.3 is 0 Å². The van der Waals surface area contributed by atoms with Crippen molar-refractivity contribution >= 4 is 5.78 Å². The van der Waals surface area contributed by atoms with Crippen molar-refractivity contribution in [2.75, 3.05) is 6.61 Å². The minimum atomic E-state index is -0.158. The van der Waals surface area contributed by atoms with Crippen molar-refractivity contribution in [1.29, 1.82) is 0 Å². The van der Waals surface area contributed by atoms with Gasteiger partial charge in [0, 0.05) is 0 Å². The summed E-state index contributed by atoms with van der Waals surface area (Å²) in [4.78, 5) is 12.5. The molecule has 0 fully saturated rings. The highest BCUT2D eigenvalue weighted by Crippen LogP contribution is 2.31. The number of Topliss-reactive ketones (excluding diaryl/α,β-unsaturated/α-hetero) is 1. The number of rotatable bonds is 2. The van der Waals surface area contributed by atoms with E-state index < -0.39 is 0 Å². The van der Waals surface area contributed by atoms with Crippen LogP contribution >= 0.6 is 0 Å². The highest BCUT2D eigenvalue weighted by atomic mass is 16.5. The van der Waals surface area contributed by atoms with E-state index in [0.717, 1.165) is 16.9 Å². The van der Waals surface area contributed by atoms with Crippen LogP contribution in [-0.2, 0) is 6.42 Å². The molecule has 2 aromatic rings. The van der Waals surface area contributed by atoms with Gasteiger partial charge in [0.1, 0.15) is 11.5 Å². The SMILES string of the molecule is Cc1cccc2c1OCC(Cc1ccc(O)cc1)C2=O. The van der Waals surface area contributed by atoms with Crippen molar-refractivity contribution in [3.05, 3.63) is 59.2 Å². The molecular weight excluding hydrogens is 252 g/mol. The minimum Gasteiger partial charge on any atom is -0.508 e. The number of ether oxygens (including phenoxy) is 1. The van der Waals surface area contributed by atoms with Crippen LogP contribution in [0.15, 0.2) is 42.5 Å². The molecule has 20 heavy (non-hydrogen) atoms. The van der Waals surface area contributed by atoms with Gasteiger partial charge in [0.05, 0.1) is 18.1 Å². The monoisotopic (exact) mass is 268 g/mol. The fraction of sp³-hybridized carbons (Fsp3) is 0.235. The predicted molar refractivity (Wildman–Crippen MR) is 76.3 cm³/mol. The maximum absolute atomic E-state index is 12.5. The molecule has 3 heteroatoms. The minimum absolute atomic E-state index is 0.142. The lowest BCUT2D eigenvalue weighted by Gasteiger charge is -2.25. The molecule has 0 spiro atoms. The molecular formula is C17H16O3. The van der Waals surface area contributed by atoms with E-state index in [1.54, 1.807) is 12.1 Å². The van der Waals surface area contributed by atoms with Crippen molar-refractivity contribution in [3.8, 4) is 11.5 Å². The second-order valence-corrected chi connectivity index (χ2v) is 5.19. The van der Waals surface area contributed by atoms with Gasteiger partial charge in [0.2, 0.25) is 0 Å². The van der Waals surface area contributed by atoms with Gasteiger partial charge in [-0.2, -0.15) is 0 Å². The molecule has 0 saturated heterocycles. The Morgan fingerprint density at radius 2 is 1.95 bits per heavy atom. The van der Waals surface area contributed by atoms with E-state index >= 15 is 0 Å². The molecule has 1 unspecified atom stereocenters. The number of hydrogen-bond acceptors (Lipinski definition) is 3. The molecule has 1 atom stereocenters. The fourth-order valence-electron chi connectivity index (χ4n) is 2.59. The Bertz CT molecular complexity index is 644. The molecule has 3 rings (SSSR count). The first-order valence-corrected chi connectivity index (χ1v) is 6.69. The van der Waals surface area contributed by atoms with Crippen molar-refractivity contribution in [2.45, 2.75) is 13.3 Å². The Labute approximate surface area is 117 Å². The summed E-state index contributed by atoms with van der Waals surface area (Å²) in [6.45, 7) is 2.37. The molecule has 102 valence electrons. The van der Waals surface area contributed by atoms with Crippen molar-refractivity contribution < 1.29 is 14.6 Å². The molecule has 0 amide bonds. The summed E-state index contributed by atoms with van der Waals surface area (Å²) < 4.78 is 5.76. The number of phenolic OH excluding ortho intramolecular Hbond substituents is 1. The van der Waals surface area contributed by atoms with Crippen LogP contribution in [0.1, 0.15) is 21.5 Å². The number of aryl methyl sites for hydroxylation is 1. The quantitative estimate of drug-likeness (QED) is 0.910. The van der Waals surface area contributed by atoms with Gasteiger partial charge in [-0.15, -0.1) is 0 Å². The first-order chi connectivity index (χ1) is 9.65. The van der Waals surface area contributed by atoms with E-state index in [1.807, 2.05) is 37.3 Å². The van der Waals surface area contributed by atoms with Crippen LogP contribution in [0.5, 0.6) is 11.5 Å². The molecule has 1 N–H and O–H groups in total. The third-order valence-corrected chi connectivity index (χ3v) is 3.70. The Balaban J connectivity index is 1.84. The summed E-state index contributed by atoms with van der Waals surface area (Å²) in [5, 5.41) is 9.28. The highest BCUT2D eigenvalue weighted by Gasteiger charge is 2.29. The van der Waals surface area contributed by atoms with Crippen LogP contribution in [0.3, 0.4) is 0 Å². The number of hydrogen-bond donors (Lipinski definition) is 1. The topological polar surface area (TPSA) is 46.5 Å². The van der Waals surface area contributed by atoms with Crippen LogP contribution in [0.2, 0.25) is 0 Å². The number of carbonyl (C=O) groups excluding carboxylic acids is 1. The van der Waals surface area contributed by atoms with E-state index in [9.17, 15) is 9.90 Å². The molecule has 1 heterocycles. The van der Waals surface area contributed by atoms with Crippen LogP contribution in [0.25, 0.3) is 0 Å². The zero-order valence-corrected chi connectivity index (χ0v) is 11.3. The summed E-state index contributed by atoms with van der Waals surface area (Å²) in [6, 6.07) is 12.6. The Morgan fingerprint density at radius 1 is 1.20 bits per heavy atom. The first kappa shape index (κ1) is 12.7. The largest absolute Gasteiger partial charge is 0.508 e. The van der Waals surface area contributed by atoms with Gasteiger partial charge in [0.25, 0.3) is 0 Å². The summed E-state index contributed by atoms with van der Waals surface area (Å²) >= 11 is 0. The predicted octanol–water partition coefficient (Wildman–Crippen LogP) is 3.13.